The number of nitrogens with zero attached hydrogens (tertiary/aromatic N) is 4. The Morgan fingerprint density at radius 1 is 0.622 bits per heavy atom. The molecule has 0 saturated carbocycles. The van der Waals surface area contributed by atoms with Crippen molar-refractivity contribution < 1.29 is 25.1 Å². The smallest absolute Gasteiger partial charge is 0.663 e. The maximum absolute atomic E-state index is 10.8. The largest absolute Gasteiger partial charge is 2.00 e. The van der Waals surface area contributed by atoms with E-state index < -0.39 is 0 Å². The molecule has 1 heterocycles. The summed E-state index contributed by atoms with van der Waals surface area (Å²) < 4.78 is 1.33. The van der Waals surface area contributed by atoms with Gasteiger partial charge < -0.3 is 16.2 Å². The van der Waals surface area contributed by atoms with Crippen LogP contribution in [0, 0.1) is 0 Å². The number of allylic oxidation sites excluding steroid dienone is 2. The molecule has 0 spiro atoms. The van der Waals surface area contributed by atoms with Gasteiger partial charge in [-0.05, 0) is 61.1 Å². The van der Waals surface area contributed by atoms with Gasteiger partial charge in [-0.3, -0.25) is 0 Å². The second-order valence-electron chi connectivity index (χ2n) is 8.74. The number of hydrogen-bond acceptors (Lipinski definition) is 0. The first-order valence-electron chi connectivity index (χ1n) is 13.9. The van der Waals surface area contributed by atoms with Crippen LogP contribution in [0.5, 0.6) is 0 Å². The third kappa shape index (κ3) is 13.5. The first-order valence-corrected chi connectivity index (χ1v) is 13.9. The summed E-state index contributed by atoms with van der Waals surface area (Å²) >= 11 is 0. The van der Waals surface area contributed by atoms with Crippen LogP contribution in [0.25, 0.3) is 27.6 Å². The Kier molecular flexibility index (Phi) is 21.0. The molecule has 206 valence electrons. The maximum Gasteiger partial charge on any atom is 2.00 e. The molecule has 3 rings (SSSR count). The molecule has 0 aromatic heterocycles. The molecule has 1 aliphatic heterocycles. The van der Waals surface area contributed by atoms with E-state index in [9.17, 15) is 5.53 Å². The van der Waals surface area contributed by atoms with Crippen molar-refractivity contribution in [3.8, 4) is 0 Å². The van der Waals surface area contributed by atoms with E-state index in [0.29, 0.717) is 0 Å². The first kappa shape index (κ1) is 35.1. The van der Waals surface area contributed by atoms with Crippen LogP contribution in [-0.4, -0.2) is 30.9 Å². The Bertz CT molecular complexity index is 870. The second kappa shape index (κ2) is 22.1. The van der Waals surface area contributed by atoms with Gasteiger partial charge in [0.25, 0.3) is 0 Å². The normalized spacial score (nSPS) is 11.9. The predicted octanol–water partition coefficient (Wildman–Crippen LogP) is 9.60. The standard InChI is InChI=1S/C24H28N2.2C4H10N.Pd/c1-3-5-9-19-11-7-13-21(17-19)23-15-16-24(26(23)25)22-14-8-12-20(18-22)10-6-4-2;2*1-3-5-4-2;/h7-8,11-18H,3-6,9-10H2,1-2H3;2*3-4H2,1-2H3;/q;2*-1;+2. The minimum absolute atomic E-state index is 0. The Hall–Kier alpha value is -1.90. The topological polar surface area (TPSA) is 53.5 Å². The number of benzene rings is 2. The average Bonchev–Trinajstić information content (AvgIpc) is 3.29. The molecule has 0 N–H and O–H groups in total. The summed E-state index contributed by atoms with van der Waals surface area (Å²) in [5.74, 6) is 0. The first-order chi connectivity index (χ1) is 17.6. The molecular formula is C32H48N4Pd. The van der Waals surface area contributed by atoms with Crippen LogP contribution in [0.3, 0.4) is 0 Å². The molecule has 0 amide bonds. The number of aryl methyl sites for hydroxylation is 2. The number of unbranched alkanes of at least 4 members (excludes halogenated alkanes) is 2. The van der Waals surface area contributed by atoms with E-state index in [2.05, 4.69) is 73.0 Å². The van der Waals surface area contributed by atoms with Crippen molar-refractivity contribution in [1.29, 1.82) is 0 Å². The molecule has 0 aliphatic carbocycles. The number of hydrogen-bond donors (Lipinski definition) is 0. The molecule has 0 saturated heterocycles. The molecule has 2 aromatic rings. The van der Waals surface area contributed by atoms with Gasteiger partial charge in [0.15, 0.2) is 0 Å². The second-order valence-corrected chi connectivity index (χ2v) is 8.74. The van der Waals surface area contributed by atoms with E-state index in [1.807, 2.05) is 39.8 Å². The van der Waals surface area contributed by atoms with Gasteiger partial charge in [0.05, 0.1) is 0 Å². The minimum Gasteiger partial charge on any atom is -0.663 e. The van der Waals surface area contributed by atoms with Gasteiger partial charge >= 0.3 is 20.4 Å². The van der Waals surface area contributed by atoms with Gasteiger partial charge in [-0.25, -0.2) is 4.70 Å². The van der Waals surface area contributed by atoms with Crippen LogP contribution in [0.15, 0.2) is 60.7 Å². The summed E-state index contributed by atoms with van der Waals surface area (Å²) in [5, 5.41) is 7.94. The van der Waals surface area contributed by atoms with Crippen molar-refractivity contribution in [2.45, 2.75) is 80.1 Å². The molecule has 5 heteroatoms. The Labute approximate surface area is 241 Å². The molecule has 0 atom stereocenters. The number of rotatable bonds is 12. The summed E-state index contributed by atoms with van der Waals surface area (Å²) in [6, 6.07) is 17.0. The van der Waals surface area contributed by atoms with E-state index in [-0.39, 0.29) is 20.4 Å². The van der Waals surface area contributed by atoms with Crippen LogP contribution in [0.2, 0.25) is 0 Å². The monoisotopic (exact) mass is 594 g/mol. The molecule has 0 fully saturated rings. The van der Waals surface area contributed by atoms with Gasteiger partial charge in [0, 0.05) is 23.3 Å². The fourth-order valence-electron chi connectivity index (χ4n) is 3.85. The fraction of sp³-hybridized carbons (Fsp3) is 0.500. The molecule has 0 radical (unpaired) electrons. The molecule has 37 heavy (non-hydrogen) atoms. The van der Waals surface area contributed by atoms with Crippen molar-refractivity contribution in [2.75, 3.05) is 26.2 Å². The van der Waals surface area contributed by atoms with E-state index >= 15 is 0 Å². The summed E-state index contributed by atoms with van der Waals surface area (Å²) in [7, 11) is 0. The third-order valence-electron chi connectivity index (χ3n) is 5.83. The van der Waals surface area contributed by atoms with Crippen LogP contribution < -0.4 is 0 Å². The van der Waals surface area contributed by atoms with Gasteiger partial charge in [-0.1, -0.05) is 78.6 Å². The zero-order valence-electron chi connectivity index (χ0n) is 23.9. The minimum atomic E-state index is 0. The van der Waals surface area contributed by atoms with Gasteiger partial charge in [0.1, 0.15) is 0 Å². The van der Waals surface area contributed by atoms with Crippen molar-refractivity contribution in [3.05, 3.63) is 99.1 Å². The molecule has 0 bridgehead atoms. The zero-order chi connectivity index (χ0) is 26.6. The van der Waals surface area contributed by atoms with Crippen LogP contribution in [0.4, 0.5) is 0 Å². The van der Waals surface area contributed by atoms with E-state index in [4.69, 9.17) is 0 Å². The zero-order valence-corrected chi connectivity index (χ0v) is 25.5. The van der Waals surface area contributed by atoms with Crippen molar-refractivity contribution in [1.82, 2.24) is 0 Å². The van der Waals surface area contributed by atoms with Gasteiger partial charge in [-0.2, -0.15) is 26.2 Å². The van der Waals surface area contributed by atoms with Gasteiger partial charge in [0.2, 0.25) is 11.4 Å². The van der Waals surface area contributed by atoms with Crippen LogP contribution >= 0.6 is 0 Å². The molecule has 0 unspecified atom stereocenters. The predicted molar refractivity (Wildman–Crippen MR) is 159 cm³/mol. The summed E-state index contributed by atoms with van der Waals surface area (Å²) in [6.07, 6.45) is 11.0. The third-order valence-corrected chi connectivity index (χ3v) is 5.83. The molecular weight excluding hydrogens is 547 g/mol. The Morgan fingerprint density at radius 3 is 1.30 bits per heavy atom. The van der Waals surface area contributed by atoms with E-state index in [0.717, 1.165) is 61.5 Å². The maximum atomic E-state index is 10.8. The van der Waals surface area contributed by atoms with Crippen molar-refractivity contribution in [2.24, 2.45) is 0 Å². The Morgan fingerprint density at radius 2 is 1.00 bits per heavy atom. The summed E-state index contributed by atoms with van der Waals surface area (Å²) in [4.78, 5) is 0. The summed E-state index contributed by atoms with van der Waals surface area (Å²) in [5.41, 5.74) is 17.3. The molecule has 4 nitrogen and oxygen atoms in total. The quantitative estimate of drug-likeness (QED) is 0.173. The molecule has 2 aromatic carbocycles. The van der Waals surface area contributed by atoms with Gasteiger partial charge in [-0.15, -0.1) is 0 Å². The van der Waals surface area contributed by atoms with Crippen LogP contribution in [0.1, 0.15) is 89.5 Å². The van der Waals surface area contributed by atoms with E-state index in [1.165, 1.54) is 41.5 Å². The van der Waals surface area contributed by atoms with Crippen LogP contribution in [-0.2, 0) is 33.3 Å². The average molecular weight is 595 g/mol. The van der Waals surface area contributed by atoms with Crippen molar-refractivity contribution in [3.63, 3.8) is 0 Å². The Balaban J connectivity index is 0.00000101. The van der Waals surface area contributed by atoms with Crippen molar-refractivity contribution >= 4 is 11.4 Å². The summed E-state index contributed by atoms with van der Waals surface area (Å²) in [6.45, 7) is 16.5. The van der Waals surface area contributed by atoms with E-state index in [1.54, 1.807) is 0 Å². The SMILES string of the molecule is CCCCc1cccc(C2=CC=C(c3cccc(CCCC)c3)[N+]2=[N-])c1.CC[N-]CC.CC[N-]CC.[Pd+2]. The fourth-order valence-corrected chi connectivity index (χ4v) is 3.85. The molecule has 1 aliphatic rings.